The van der Waals surface area contributed by atoms with Crippen molar-refractivity contribution in [3.63, 3.8) is 0 Å². The molecule has 1 aliphatic heterocycles. The van der Waals surface area contributed by atoms with Gasteiger partial charge in [-0.1, -0.05) is 30.0 Å². The van der Waals surface area contributed by atoms with Crippen molar-refractivity contribution < 1.29 is 9.21 Å². The first-order valence-electron chi connectivity index (χ1n) is 8.02. The van der Waals surface area contributed by atoms with Crippen LogP contribution in [0.4, 0.5) is 5.69 Å². The molecule has 0 bridgehead atoms. The molecule has 1 amide bonds. The Morgan fingerprint density at radius 1 is 1.20 bits per heavy atom. The van der Waals surface area contributed by atoms with Crippen LogP contribution >= 0.6 is 11.8 Å². The van der Waals surface area contributed by atoms with Crippen molar-refractivity contribution in [3.8, 4) is 0 Å². The van der Waals surface area contributed by atoms with Gasteiger partial charge in [-0.3, -0.25) is 4.79 Å². The fraction of sp³-hybridized carbons (Fsp3) is 0.263. The predicted octanol–water partition coefficient (Wildman–Crippen LogP) is 4.17. The molecule has 0 fully saturated rings. The molecule has 0 spiro atoms. The Kier molecular flexibility index (Phi) is 4.99. The van der Waals surface area contributed by atoms with Crippen molar-refractivity contribution in [2.45, 2.75) is 26.8 Å². The van der Waals surface area contributed by atoms with Crippen molar-refractivity contribution in [3.05, 3.63) is 64.8 Å². The van der Waals surface area contributed by atoms with Crippen LogP contribution in [0.5, 0.6) is 0 Å². The molecule has 2 aromatic rings. The summed E-state index contributed by atoms with van der Waals surface area (Å²) < 4.78 is 5.76. The van der Waals surface area contributed by atoms with E-state index in [4.69, 9.17) is 4.42 Å². The summed E-state index contributed by atoms with van der Waals surface area (Å²) in [6.07, 6.45) is 1.95. The lowest BCUT2D eigenvalue weighted by Gasteiger charge is -2.24. The van der Waals surface area contributed by atoms with E-state index in [1.54, 1.807) is 0 Å². The van der Waals surface area contributed by atoms with Gasteiger partial charge in [0, 0.05) is 11.4 Å². The lowest BCUT2D eigenvalue weighted by Crippen LogP contribution is -2.31. The van der Waals surface area contributed by atoms with Gasteiger partial charge in [0.1, 0.15) is 17.6 Å². The van der Waals surface area contributed by atoms with Gasteiger partial charge in [0.25, 0.3) is 5.91 Å². The number of para-hydroxylation sites is 1. The van der Waals surface area contributed by atoms with E-state index in [2.05, 4.69) is 15.6 Å². The van der Waals surface area contributed by atoms with Gasteiger partial charge in [0.05, 0.1) is 5.57 Å². The van der Waals surface area contributed by atoms with Crippen LogP contribution in [0.1, 0.15) is 30.0 Å². The van der Waals surface area contributed by atoms with Crippen LogP contribution in [0, 0.1) is 13.8 Å². The summed E-state index contributed by atoms with van der Waals surface area (Å²) in [5.41, 5.74) is 3.15. The van der Waals surface area contributed by atoms with E-state index in [1.165, 1.54) is 11.8 Å². The van der Waals surface area contributed by atoms with Crippen molar-refractivity contribution in [1.29, 1.82) is 0 Å². The number of nitrogens with zero attached hydrogens (tertiary/aromatic N) is 1. The van der Waals surface area contributed by atoms with Crippen LogP contribution in [-0.2, 0) is 4.79 Å². The third-order valence-electron chi connectivity index (χ3n) is 4.08. The van der Waals surface area contributed by atoms with Gasteiger partial charge in [-0.25, -0.2) is 4.99 Å². The maximum Gasteiger partial charge on any atom is 0.256 e. The molecule has 0 aliphatic carbocycles. The molecular formula is C19H21N3O2S. The van der Waals surface area contributed by atoms with Crippen LogP contribution in [0.25, 0.3) is 0 Å². The number of hydrogen-bond acceptors (Lipinski definition) is 5. The van der Waals surface area contributed by atoms with Gasteiger partial charge in [0.15, 0.2) is 5.17 Å². The fourth-order valence-electron chi connectivity index (χ4n) is 2.75. The summed E-state index contributed by atoms with van der Waals surface area (Å²) in [7, 11) is 0. The summed E-state index contributed by atoms with van der Waals surface area (Å²) in [5, 5.41) is 6.96. The fourth-order valence-corrected chi connectivity index (χ4v) is 3.22. The molecule has 0 saturated carbocycles. The number of rotatable bonds is 3. The third kappa shape index (κ3) is 3.64. The number of aryl methyl sites for hydroxylation is 2. The summed E-state index contributed by atoms with van der Waals surface area (Å²) in [5.74, 6) is 1.29. The molecule has 25 heavy (non-hydrogen) atoms. The monoisotopic (exact) mass is 355 g/mol. The number of anilines is 1. The van der Waals surface area contributed by atoms with E-state index < -0.39 is 6.04 Å². The predicted molar refractivity (Wildman–Crippen MR) is 103 cm³/mol. The molecule has 1 aromatic heterocycles. The molecule has 130 valence electrons. The van der Waals surface area contributed by atoms with Gasteiger partial charge in [-0.15, -0.1) is 0 Å². The Balaban J connectivity index is 1.96. The quantitative estimate of drug-likeness (QED) is 0.867. The number of thioether (sulfide) groups is 1. The highest BCUT2D eigenvalue weighted by Crippen LogP contribution is 2.33. The number of nitrogens with one attached hydrogen (secondary N) is 2. The zero-order valence-corrected chi connectivity index (χ0v) is 15.5. The highest BCUT2D eigenvalue weighted by atomic mass is 32.2. The van der Waals surface area contributed by atoms with Crippen LogP contribution < -0.4 is 10.6 Å². The summed E-state index contributed by atoms with van der Waals surface area (Å²) in [6.45, 7) is 5.74. The van der Waals surface area contributed by atoms with Gasteiger partial charge < -0.3 is 15.1 Å². The first kappa shape index (κ1) is 17.4. The minimum absolute atomic E-state index is 0.178. The Bertz CT molecular complexity index is 867. The largest absolute Gasteiger partial charge is 0.464 e. The minimum Gasteiger partial charge on any atom is -0.464 e. The second-order valence-corrected chi connectivity index (χ2v) is 6.72. The SMILES string of the molecule is CSC1=NC(c2ccc(C)o2)C(C(=O)Nc2ccccc2C)=C(C)N1. The zero-order chi connectivity index (χ0) is 18.0. The Labute approximate surface area is 151 Å². The number of amides is 1. The van der Waals surface area contributed by atoms with Crippen LogP contribution in [0.15, 0.2) is 57.1 Å². The summed E-state index contributed by atoms with van der Waals surface area (Å²) in [4.78, 5) is 17.6. The van der Waals surface area contributed by atoms with Crippen molar-refractivity contribution >= 4 is 28.5 Å². The molecule has 1 aromatic carbocycles. The second kappa shape index (κ2) is 7.19. The Morgan fingerprint density at radius 3 is 2.60 bits per heavy atom. The van der Waals surface area contributed by atoms with Gasteiger partial charge in [-0.2, -0.15) is 0 Å². The number of hydrogen-bond donors (Lipinski definition) is 2. The highest BCUT2D eigenvalue weighted by molar-refractivity contribution is 8.13. The van der Waals surface area contributed by atoms with E-state index in [-0.39, 0.29) is 5.91 Å². The van der Waals surface area contributed by atoms with E-state index in [9.17, 15) is 4.79 Å². The smallest absolute Gasteiger partial charge is 0.256 e. The lowest BCUT2D eigenvalue weighted by atomic mass is 10.0. The maximum atomic E-state index is 13.0. The van der Waals surface area contributed by atoms with Crippen molar-refractivity contribution in [2.24, 2.45) is 4.99 Å². The van der Waals surface area contributed by atoms with Crippen LogP contribution in [-0.4, -0.2) is 17.3 Å². The van der Waals surface area contributed by atoms with Crippen LogP contribution in [0.3, 0.4) is 0 Å². The Morgan fingerprint density at radius 2 is 1.96 bits per heavy atom. The molecule has 0 radical (unpaired) electrons. The molecule has 1 aliphatic rings. The number of carbonyl (C=O) groups excluding carboxylic acids is 1. The molecule has 2 N–H and O–H groups in total. The number of furan rings is 1. The standard InChI is InChI=1S/C19H21N3O2S/c1-11-7-5-6-8-14(11)21-18(23)16-13(3)20-19(25-4)22-17(16)15-10-9-12(2)24-15/h5-10,17H,1-4H3,(H,20,22)(H,21,23). The number of allylic oxidation sites excluding steroid dienone is 1. The van der Waals surface area contributed by atoms with Gasteiger partial charge in [-0.05, 0) is 50.8 Å². The number of amidine groups is 1. The average Bonchev–Trinajstić information content (AvgIpc) is 3.02. The van der Waals surface area contributed by atoms with E-state index in [1.807, 2.05) is 63.4 Å². The maximum absolute atomic E-state index is 13.0. The summed E-state index contributed by atoms with van der Waals surface area (Å²) in [6, 6.07) is 11.0. The van der Waals surface area contributed by atoms with Gasteiger partial charge in [0.2, 0.25) is 0 Å². The van der Waals surface area contributed by atoms with E-state index in [0.717, 1.165) is 27.9 Å². The topological polar surface area (TPSA) is 66.6 Å². The molecule has 2 heterocycles. The molecule has 0 saturated heterocycles. The number of benzene rings is 1. The Hall–Kier alpha value is -2.47. The molecule has 5 nitrogen and oxygen atoms in total. The number of carbonyl (C=O) groups is 1. The molecule has 6 heteroatoms. The second-order valence-electron chi connectivity index (χ2n) is 5.92. The van der Waals surface area contributed by atoms with E-state index >= 15 is 0 Å². The highest BCUT2D eigenvalue weighted by Gasteiger charge is 2.31. The molecule has 1 atom stereocenters. The molecule has 3 rings (SSSR count). The summed E-state index contributed by atoms with van der Waals surface area (Å²) >= 11 is 1.51. The zero-order valence-electron chi connectivity index (χ0n) is 14.7. The minimum atomic E-state index is -0.457. The average molecular weight is 355 g/mol. The lowest BCUT2D eigenvalue weighted by molar-refractivity contribution is -0.113. The van der Waals surface area contributed by atoms with Crippen molar-refractivity contribution in [1.82, 2.24) is 5.32 Å². The first-order valence-corrected chi connectivity index (χ1v) is 9.25. The van der Waals surface area contributed by atoms with E-state index in [0.29, 0.717) is 11.3 Å². The molecular weight excluding hydrogens is 334 g/mol. The van der Waals surface area contributed by atoms with Crippen molar-refractivity contribution in [2.75, 3.05) is 11.6 Å². The third-order valence-corrected chi connectivity index (χ3v) is 4.67. The number of aliphatic imine (C=N–C) groups is 1. The van der Waals surface area contributed by atoms with Gasteiger partial charge >= 0.3 is 0 Å². The normalized spacial score (nSPS) is 17.1. The van der Waals surface area contributed by atoms with Crippen LogP contribution in [0.2, 0.25) is 0 Å². The molecule has 1 unspecified atom stereocenters. The first-order chi connectivity index (χ1) is 12.0.